The molecule has 0 unspecified atom stereocenters. The average molecular weight is 288 g/mol. The topological polar surface area (TPSA) is 26.5 Å². The summed E-state index contributed by atoms with van der Waals surface area (Å²) in [5.41, 5.74) is 1.88. The van der Waals surface area contributed by atoms with Gasteiger partial charge in [-0.2, -0.15) is 0 Å². The number of aromatic nitrogens is 2. The molecule has 68 valence electrons. The van der Waals surface area contributed by atoms with Crippen LogP contribution in [-0.2, 0) is 0 Å². The predicted molar refractivity (Wildman–Crippen MR) is 59.2 cm³/mol. The predicted octanol–water partition coefficient (Wildman–Crippen LogP) is 2.26. The van der Waals surface area contributed by atoms with Crippen LogP contribution in [0.3, 0.4) is 0 Å². The number of ether oxygens (including phenoxy) is 1. The maximum Gasteiger partial charge on any atom is 0.179 e. The van der Waals surface area contributed by atoms with Gasteiger partial charge in [-0.25, -0.2) is 4.98 Å². The number of fused-ring (bicyclic) bond motifs is 1. The lowest BCUT2D eigenvalue weighted by molar-refractivity contribution is 0.416. The third-order valence-electron chi connectivity index (χ3n) is 1.82. The van der Waals surface area contributed by atoms with E-state index in [0.29, 0.717) is 0 Å². The summed E-state index contributed by atoms with van der Waals surface area (Å²) in [6.07, 6.45) is 4.01. The minimum absolute atomic E-state index is 0.819. The van der Waals surface area contributed by atoms with E-state index in [4.69, 9.17) is 4.74 Å². The number of methoxy groups -OCH3 is 1. The highest BCUT2D eigenvalue weighted by molar-refractivity contribution is 14.1. The van der Waals surface area contributed by atoms with Crippen LogP contribution < -0.4 is 4.74 Å². The number of hydrogen-bond donors (Lipinski definition) is 0. The zero-order chi connectivity index (χ0) is 9.42. The van der Waals surface area contributed by atoms with Crippen molar-refractivity contribution in [2.45, 2.75) is 6.92 Å². The minimum Gasteiger partial charge on any atom is -0.493 e. The quantitative estimate of drug-likeness (QED) is 0.752. The monoisotopic (exact) mass is 288 g/mol. The van der Waals surface area contributed by atoms with E-state index in [9.17, 15) is 0 Å². The lowest BCUT2D eigenvalue weighted by Gasteiger charge is -2.02. The van der Waals surface area contributed by atoms with Crippen molar-refractivity contribution < 1.29 is 4.74 Å². The van der Waals surface area contributed by atoms with Gasteiger partial charge in [0, 0.05) is 16.0 Å². The fourth-order valence-electron chi connectivity index (χ4n) is 1.31. The molecule has 13 heavy (non-hydrogen) atoms. The second kappa shape index (κ2) is 3.17. The van der Waals surface area contributed by atoms with Crippen molar-refractivity contribution in [1.82, 2.24) is 9.38 Å². The number of aryl methyl sites for hydroxylation is 1. The smallest absolute Gasteiger partial charge is 0.179 e. The van der Waals surface area contributed by atoms with Crippen molar-refractivity contribution in [3.05, 3.63) is 27.7 Å². The van der Waals surface area contributed by atoms with Crippen LogP contribution in [0.2, 0.25) is 0 Å². The Bertz CT molecular complexity index is 450. The van der Waals surface area contributed by atoms with Crippen LogP contribution in [0.25, 0.3) is 5.65 Å². The van der Waals surface area contributed by atoms with E-state index in [-0.39, 0.29) is 0 Å². The van der Waals surface area contributed by atoms with Crippen molar-refractivity contribution in [2.75, 3.05) is 7.11 Å². The zero-order valence-electron chi connectivity index (χ0n) is 7.41. The first-order valence-corrected chi connectivity index (χ1v) is 4.97. The fourth-order valence-corrected chi connectivity index (χ4v) is 1.89. The standard InChI is InChI=1S/C9H9IN2O/c1-6-4-12-5-7(10)3-8(13-2)9(12)11-6/h3-5H,1-2H3. The summed E-state index contributed by atoms with van der Waals surface area (Å²) in [5, 5.41) is 0. The van der Waals surface area contributed by atoms with Gasteiger partial charge in [0.1, 0.15) is 0 Å². The maximum absolute atomic E-state index is 5.23. The molecule has 0 atom stereocenters. The van der Waals surface area contributed by atoms with E-state index >= 15 is 0 Å². The molecule has 3 nitrogen and oxygen atoms in total. The van der Waals surface area contributed by atoms with Crippen LogP contribution in [0.5, 0.6) is 5.75 Å². The Morgan fingerprint density at radius 3 is 2.92 bits per heavy atom. The molecule has 2 aromatic rings. The summed E-state index contributed by atoms with van der Waals surface area (Å²) in [6.45, 7) is 1.97. The molecule has 2 aromatic heterocycles. The Morgan fingerprint density at radius 1 is 1.46 bits per heavy atom. The van der Waals surface area contributed by atoms with Crippen LogP contribution in [0.4, 0.5) is 0 Å². The number of rotatable bonds is 1. The van der Waals surface area contributed by atoms with Crippen molar-refractivity contribution in [3.63, 3.8) is 0 Å². The summed E-state index contributed by atoms with van der Waals surface area (Å²) in [4.78, 5) is 4.36. The van der Waals surface area contributed by atoms with E-state index in [0.717, 1.165) is 20.7 Å². The molecule has 0 spiro atoms. The van der Waals surface area contributed by atoms with E-state index in [1.165, 1.54) is 0 Å². The molecule has 0 amide bonds. The van der Waals surface area contributed by atoms with Crippen LogP contribution in [0.1, 0.15) is 5.69 Å². The first-order chi connectivity index (χ1) is 6.20. The van der Waals surface area contributed by atoms with E-state index in [2.05, 4.69) is 27.6 Å². The van der Waals surface area contributed by atoms with Gasteiger partial charge in [-0.1, -0.05) is 0 Å². The maximum atomic E-state index is 5.23. The Balaban J connectivity index is 2.80. The fraction of sp³-hybridized carbons (Fsp3) is 0.222. The molecule has 0 N–H and O–H groups in total. The number of nitrogens with zero attached hydrogens (tertiary/aromatic N) is 2. The highest BCUT2D eigenvalue weighted by Gasteiger charge is 2.05. The summed E-state index contributed by atoms with van der Waals surface area (Å²) in [5.74, 6) is 0.819. The summed E-state index contributed by atoms with van der Waals surface area (Å²) in [6, 6.07) is 1.97. The van der Waals surface area contributed by atoms with Gasteiger partial charge in [0.15, 0.2) is 11.4 Å². The molecule has 0 aliphatic heterocycles. The lowest BCUT2D eigenvalue weighted by Crippen LogP contribution is -1.91. The average Bonchev–Trinajstić information content (AvgIpc) is 2.43. The lowest BCUT2D eigenvalue weighted by atomic mass is 10.4. The Morgan fingerprint density at radius 2 is 2.23 bits per heavy atom. The molecule has 0 aromatic carbocycles. The molecule has 0 saturated heterocycles. The zero-order valence-corrected chi connectivity index (χ0v) is 9.57. The third-order valence-corrected chi connectivity index (χ3v) is 2.41. The van der Waals surface area contributed by atoms with E-state index in [1.807, 2.05) is 29.8 Å². The van der Waals surface area contributed by atoms with Gasteiger partial charge in [0.25, 0.3) is 0 Å². The minimum atomic E-state index is 0.819. The van der Waals surface area contributed by atoms with Gasteiger partial charge in [-0.3, -0.25) is 0 Å². The van der Waals surface area contributed by atoms with Gasteiger partial charge in [-0.15, -0.1) is 0 Å². The molecule has 0 aliphatic rings. The molecule has 0 saturated carbocycles. The molecule has 0 radical (unpaired) electrons. The largest absolute Gasteiger partial charge is 0.493 e. The van der Waals surface area contributed by atoms with Crippen LogP contribution >= 0.6 is 22.6 Å². The van der Waals surface area contributed by atoms with Crippen molar-refractivity contribution in [1.29, 1.82) is 0 Å². The highest BCUT2D eigenvalue weighted by atomic mass is 127. The molecule has 0 bridgehead atoms. The highest BCUT2D eigenvalue weighted by Crippen LogP contribution is 2.21. The summed E-state index contributed by atoms with van der Waals surface area (Å²) >= 11 is 2.26. The van der Waals surface area contributed by atoms with E-state index in [1.54, 1.807) is 7.11 Å². The van der Waals surface area contributed by atoms with Gasteiger partial charge in [0.05, 0.1) is 12.8 Å². The van der Waals surface area contributed by atoms with Crippen molar-refractivity contribution >= 4 is 28.2 Å². The normalized spacial score (nSPS) is 10.7. The van der Waals surface area contributed by atoms with Gasteiger partial charge in [0.2, 0.25) is 0 Å². The van der Waals surface area contributed by atoms with Crippen LogP contribution in [0.15, 0.2) is 18.5 Å². The Kier molecular flexibility index (Phi) is 2.15. The summed E-state index contributed by atoms with van der Waals surface area (Å²) in [7, 11) is 1.66. The number of pyridine rings is 1. The molecular formula is C9H9IN2O. The molecular weight excluding hydrogens is 279 g/mol. The third kappa shape index (κ3) is 1.50. The Hall–Kier alpha value is -0.780. The van der Waals surface area contributed by atoms with Crippen LogP contribution in [-0.4, -0.2) is 16.5 Å². The Labute approximate surface area is 89.9 Å². The number of hydrogen-bond acceptors (Lipinski definition) is 2. The number of halogens is 1. The first kappa shape index (κ1) is 8.80. The van der Waals surface area contributed by atoms with Crippen molar-refractivity contribution in [2.24, 2.45) is 0 Å². The van der Waals surface area contributed by atoms with Crippen molar-refractivity contribution in [3.8, 4) is 5.75 Å². The van der Waals surface area contributed by atoms with Gasteiger partial charge >= 0.3 is 0 Å². The molecule has 2 rings (SSSR count). The molecule has 2 heterocycles. The second-order valence-electron chi connectivity index (χ2n) is 2.84. The molecule has 0 fully saturated rings. The first-order valence-electron chi connectivity index (χ1n) is 3.89. The SMILES string of the molecule is COc1cc(I)cn2cc(C)nc12. The van der Waals surface area contributed by atoms with Crippen LogP contribution in [0, 0.1) is 10.5 Å². The molecule has 0 aliphatic carbocycles. The van der Waals surface area contributed by atoms with E-state index < -0.39 is 0 Å². The molecule has 4 heteroatoms. The summed E-state index contributed by atoms with van der Waals surface area (Å²) < 4.78 is 8.35. The number of imidazole rings is 1. The van der Waals surface area contributed by atoms with Gasteiger partial charge < -0.3 is 9.14 Å². The van der Waals surface area contributed by atoms with Gasteiger partial charge in [-0.05, 0) is 35.6 Å². The second-order valence-corrected chi connectivity index (χ2v) is 4.09.